The van der Waals surface area contributed by atoms with Crippen molar-refractivity contribution >= 4 is 15.7 Å². The Morgan fingerprint density at radius 2 is 1.84 bits per heavy atom. The van der Waals surface area contributed by atoms with Crippen molar-refractivity contribution in [2.75, 3.05) is 19.6 Å². The lowest BCUT2D eigenvalue weighted by Gasteiger charge is -2.39. The Kier molecular flexibility index (Phi) is 3.28. The van der Waals surface area contributed by atoms with E-state index in [9.17, 15) is 8.42 Å². The van der Waals surface area contributed by atoms with Gasteiger partial charge in [0.2, 0.25) is 0 Å². The van der Waals surface area contributed by atoms with Gasteiger partial charge in [0.05, 0.1) is 10.6 Å². The molecule has 0 radical (unpaired) electrons. The maximum absolute atomic E-state index is 12.0. The maximum atomic E-state index is 12.0. The minimum atomic E-state index is -3.53. The Morgan fingerprint density at radius 3 is 2.42 bits per heavy atom. The molecule has 5 nitrogen and oxygen atoms in total. The average molecular weight is 279 g/mol. The summed E-state index contributed by atoms with van der Waals surface area (Å²) in [5, 5.41) is 4.15. The summed E-state index contributed by atoms with van der Waals surface area (Å²) in [6.07, 6.45) is 2.18. The number of nitrogens with zero attached hydrogens (tertiary/aromatic N) is 2. The van der Waals surface area contributed by atoms with E-state index in [-0.39, 0.29) is 4.90 Å². The fraction of sp³-hybridized carbons (Fsp3) is 0.462. The molecule has 0 aromatic heterocycles. The highest BCUT2D eigenvalue weighted by molar-refractivity contribution is 7.89. The first-order chi connectivity index (χ1) is 9.15. The van der Waals surface area contributed by atoms with E-state index in [4.69, 9.17) is 0 Å². The number of fused-ring (bicyclic) bond motifs is 3. The van der Waals surface area contributed by atoms with Gasteiger partial charge in [-0.05, 0) is 38.1 Å². The normalized spacial score (nSPS) is 28.5. The van der Waals surface area contributed by atoms with E-state index in [0.29, 0.717) is 5.92 Å². The summed E-state index contributed by atoms with van der Waals surface area (Å²) in [5.74, 6) is 0.448. The predicted molar refractivity (Wildman–Crippen MR) is 73.4 cm³/mol. The Hall–Kier alpha value is -1.40. The molecule has 3 heterocycles. The van der Waals surface area contributed by atoms with E-state index in [1.54, 1.807) is 30.3 Å². The summed E-state index contributed by atoms with van der Waals surface area (Å²) in [6, 6.07) is 8.34. The topological polar surface area (TPSA) is 61.8 Å². The van der Waals surface area contributed by atoms with Crippen LogP contribution < -0.4 is 4.83 Å². The van der Waals surface area contributed by atoms with Crippen LogP contribution in [0.3, 0.4) is 0 Å². The first-order valence-corrected chi connectivity index (χ1v) is 7.99. The van der Waals surface area contributed by atoms with Gasteiger partial charge in [0, 0.05) is 12.5 Å². The van der Waals surface area contributed by atoms with Gasteiger partial charge in [-0.1, -0.05) is 18.2 Å². The highest BCUT2D eigenvalue weighted by Crippen LogP contribution is 2.25. The summed E-state index contributed by atoms with van der Waals surface area (Å²) in [6.45, 7) is 3.01. The van der Waals surface area contributed by atoms with Crippen molar-refractivity contribution in [2.24, 2.45) is 11.0 Å². The molecule has 4 rings (SSSR count). The van der Waals surface area contributed by atoms with Gasteiger partial charge in [-0.3, -0.25) is 4.90 Å². The van der Waals surface area contributed by atoms with Gasteiger partial charge in [-0.25, -0.2) is 4.83 Å². The van der Waals surface area contributed by atoms with Crippen LogP contribution in [-0.2, 0) is 10.0 Å². The summed E-state index contributed by atoms with van der Waals surface area (Å²) in [4.78, 5) is 4.93. The van der Waals surface area contributed by atoms with Gasteiger partial charge in [-0.15, -0.1) is 0 Å². The van der Waals surface area contributed by atoms with E-state index < -0.39 is 10.0 Å². The van der Waals surface area contributed by atoms with Gasteiger partial charge in [0.1, 0.15) is 0 Å². The van der Waals surface area contributed by atoms with Crippen LogP contribution in [0.1, 0.15) is 12.8 Å². The smallest absolute Gasteiger partial charge is 0.276 e. The molecule has 0 aliphatic carbocycles. The number of hydrogen-bond acceptors (Lipinski definition) is 4. The highest BCUT2D eigenvalue weighted by Gasteiger charge is 2.31. The Bertz CT molecular complexity index is 575. The molecule has 0 spiro atoms. The second-order valence-electron chi connectivity index (χ2n) is 5.06. The molecular formula is C13H17N3O2S. The summed E-state index contributed by atoms with van der Waals surface area (Å²) < 4.78 is 24.1. The Morgan fingerprint density at radius 1 is 1.16 bits per heavy atom. The summed E-state index contributed by atoms with van der Waals surface area (Å²) >= 11 is 0. The molecule has 2 bridgehead atoms. The predicted octanol–water partition coefficient (Wildman–Crippen LogP) is 1.05. The number of rotatable bonds is 3. The molecule has 1 N–H and O–H groups in total. The quantitative estimate of drug-likeness (QED) is 0.841. The number of nitrogens with one attached hydrogen (secondary N) is 1. The fourth-order valence-corrected chi connectivity index (χ4v) is 3.54. The van der Waals surface area contributed by atoms with Crippen LogP contribution >= 0.6 is 0 Å². The first kappa shape index (κ1) is 12.6. The molecule has 3 fully saturated rings. The average Bonchev–Trinajstić information content (AvgIpc) is 2.47. The second-order valence-corrected chi connectivity index (χ2v) is 6.72. The van der Waals surface area contributed by atoms with Crippen molar-refractivity contribution in [3.63, 3.8) is 0 Å². The number of benzene rings is 1. The fourth-order valence-electron chi connectivity index (χ4n) is 2.68. The SMILES string of the molecule is O=S(=O)(N/N=C1/CN2CCC1CC2)c1ccccc1. The molecule has 0 amide bonds. The van der Waals surface area contributed by atoms with Crippen molar-refractivity contribution in [3.05, 3.63) is 30.3 Å². The van der Waals surface area contributed by atoms with Gasteiger partial charge in [-0.2, -0.15) is 13.5 Å². The molecule has 1 aromatic carbocycles. The van der Waals surface area contributed by atoms with E-state index in [1.807, 2.05) is 0 Å². The molecular weight excluding hydrogens is 262 g/mol. The van der Waals surface area contributed by atoms with Gasteiger partial charge in [0.15, 0.2) is 0 Å². The maximum Gasteiger partial charge on any atom is 0.276 e. The third-order valence-corrected chi connectivity index (χ3v) is 5.03. The molecule has 19 heavy (non-hydrogen) atoms. The highest BCUT2D eigenvalue weighted by atomic mass is 32.2. The number of hydrazone groups is 1. The van der Waals surface area contributed by atoms with Crippen LogP contribution in [0, 0.1) is 5.92 Å². The lowest BCUT2D eigenvalue weighted by Crippen LogP contribution is -2.48. The molecule has 6 heteroatoms. The standard InChI is InChI=1S/C13H17N3O2S/c17-19(18,12-4-2-1-3-5-12)15-14-13-10-16-8-6-11(13)7-9-16/h1-5,11,15H,6-10H2/b14-13-. The van der Waals surface area contributed by atoms with Crippen molar-refractivity contribution in [3.8, 4) is 0 Å². The lowest BCUT2D eigenvalue weighted by molar-refractivity contribution is 0.200. The van der Waals surface area contributed by atoms with Crippen LogP contribution in [0.5, 0.6) is 0 Å². The molecule has 1 aromatic rings. The van der Waals surface area contributed by atoms with Crippen molar-refractivity contribution in [1.82, 2.24) is 9.73 Å². The molecule has 0 unspecified atom stereocenters. The number of sulfonamides is 1. The Labute approximate surface area is 113 Å². The lowest BCUT2D eigenvalue weighted by atomic mass is 9.87. The van der Waals surface area contributed by atoms with Gasteiger partial charge >= 0.3 is 0 Å². The molecule has 0 atom stereocenters. The third-order valence-electron chi connectivity index (χ3n) is 3.81. The van der Waals surface area contributed by atoms with Crippen molar-refractivity contribution in [2.45, 2.75) is 17.7 Å². The second kappa shape index (κ2) is 4.94. The van der Waals surface area contributed by atoms with Crippen LogP contribution in [0.15, 0.2) is 40.3 Å². The monoisotopic (exact) mass is 279 g/mol. The minimum absolute atomic E-state index is 0.251. The van der Waals surface area contributed by atoms with E-state index in [1.165, 1.54) is 0 Å². The van der Waals surface area contributed by atoms with Crippen LogP contribution in [0.25, 0.3) is 0 Å². The molecule has 3 saturated heterocycles. The van der Waals surface area contributed by atoms with E-state index in [0.717, 1.165) is 38.2 Å². The van der Waals surface area contributed by atoms with E-state index >= 15 is 0 Å². The zero-order valence-corrected chi connectivity index (χ0v) is 11.4. The van der Waals surface area contributed by atoms with Gasteiger partial charge < -0.3 is 0 Å². The zero-order chi connectivity index (χ0) is 13.3. The van der Waals surface area contributed by atoms with Crippen molar-refractivity contribution in [1.29, 1.82) is 0 Å². The molecule has 0 saturated carbocycles. The Balaban J connectivity index is 1.75. The molecule has 3 aliphatic heterocycles. The van der Waals surface area contributed by atoms with Crippen LogP contribution in [0.2, 0.25) is 0 Å². The molecule has 102 valence electrons. The van der Waals surface area contributed by atoms with Crippen molar-refractivity contribution < 1.29 is 8.42 Å². The molecule has 3 aliphatic rings. The van der Waals surface area contributed by atoms with E-state index in [2.05, 4.69) is 14.8 Å². The first-order valence-electron chi connectivity index (χ1n) is 6.51. The zero-order valence-electron chi connectivity index (χ0n) is 10.6. The minimum Gasteiger partial charge on any atom is -0.298 e. The largest absolute Gasteiger partial charge is 0.298 e. The van der Waals surface area contributed by atoms with Crippen LogP contribution in [-0.4, -0.2) is 38.7 Å². The summed E-state index contributed by atoms with van der Waals surface area (Å²) in [5.41, 5.74) is 0.969. The number of hydrogen-bond donors (Lipinski definition) is 1. The van der Waals surface area contributed by atoms with Crippen LogP contribution in [0.4, 0.5) is 0 Å². The number of piperidine rings is 3. The third kappa shape index (κ3) is 2.64. The van der Waals surface area contributed by atoms with Gasteiger partial charge in [0.25, 0.3) is 10.0 Å². The summed E-state index contributed by atoms with van der Waals surface area (Å²) in [7, 11) is -3.53.